The lowest BCUT2D eigenvalue weighted by Crippen LogP contribution is -2.18. The molecule has 0 radical (unpaired) electrons. The van der Waals surface area contributed by atoms with Crippen LogP contribution in [-0.2, 0) is 15.8 Å². The zero-order chi connectivity index (χ0) is 22.6. The molecule has 11 heteroatoms. The second kappa shape index (κ2) is 9.04. The second-order valence-corrected chi connectivity index (χ2v) is 7.39. The lowest BCUT2D eigenvalue weighted by molar-refractivity contribution is -0.134. The van der Waals surface area contributed by atoms with Gasteiger partial charge in [-0.2, -0.15) is 13.2 Å². The van der Waals surface area contributed by atoms with Gasteiger partial charge in [0.05, 0.1) is 17.8 Å². The molecule has 0 aliphatic heterocycles. The highest BCUT2D eigenvalue weighted by Crippen LogP contribution is 2.35. The van der Waals surface area contributed by atoms with Crippen LogP contribution in [0.5, 0.6) is 0 Å². The number of anilines is 2. The van der Waals surface area contributed by atoms with Crippen molar-refractivity contribution in [1.82, 2.24) is 15.2 Å². The number of benzene rings is 1. The Bertz CT molecular complexity index is 1110. The lowest BCUT2D eigenvalue weighted by Gasteiger charge is -2.12. The van der Waals surface area contributed by atoms with Crippen molar-refractivity contribution in [3.63, 3.8) is 0 Å². The van der Waals surface area contributed by atoms with Gasteiger partial charge in [-0.15, -0.1) is 10.2 Å². The number of thiazole rings is 1. The molecule has 2 heterocycles. The molecule has 31 heavy (non-hydrogen) atoms. The Morgan fingerprint density at radius 1 is 1.16 bits per heavy atom. The molecule has 7 nitrogen and oxygen atoms in total. The van der Waals surface area contributed by atoms with Crippen LogP contribution >= 0.6 is 11.3 Å². The molecule has 0 bridgehead atoms. The first-order valence-corrected chi connectivity index (χ1v) is 9.70. The van der Waals surface area contributed by atoms with Crippen molar-refractivity contribution in [3.8, 4) is 11.3 Å². The summed E-state index contributed by atoms with van der Waals surface area (Å²) >= 11 is 0.365. The van der Waals surface area contributed by atoms with Gasteiger partial charge >= 0.3 is 6.18 Å². The molecule has 3 rings (SSSR count). The second-order valence-electron chi connectivity index (χ2n) is 6.36. The fourth-order valence-corrected chi connectivity index (χ4v) is 3.21. The van der Waals surface area contributed by atoms with Gasteiger partial charge in [0.25, 0.3) is 0 Å². The van der Waals surface area contributed by atoms with E-state index in [-0.39, 0.29) is 10.9 Å². The smallest absolute Gasteiger partial charge is 0.306 e. The van der Waals surface area contributed by atoms with E-state index in [0.29, 0.717) is 34.4 Å². The van der Waals surface area contributed by atoms with Crippen molar-refractivity contribution in [2.45, 2.75) is 19.0 Å². The van der Waals surface area contributed by atoms with E-state index in [0.717, 1.165) is 6.08 Å². The van der Waals surface area contributed by atoms with Gasteiger partial charge in [-0.05, 0) is 36.8 Å². The summed E-state index contributed by atoms with van der Waals surface area (Å²) in [4.78, 5) is 26.5. The maximum atomic E-state index is 12.7. The third-order valence-corrected chi connectivity index (χ3v) is 5.15. The molecular weight excluding hydrogens is 431 g/mol. The fraction of sp³-hybridized carbons (Fsp3) is 0.150. The Labute approximate surface area is 179 Å². The van der Waals surface area contributed by atoms with Crippen LogP contribution in [0.25, 0.3) is 11.3 Å². The summed E-state index contributed by atoms with van der Waals surface area (Å²) in [7, 11) is 0. The Morgan fingerprint density at radius 3 is 2.55 bits per heavy atom. The molecule has 2 N–H and O–H groups in total. The average molecular weight is 447 g/mol. The van der Waals surface area contributed by atoms with Crippen LogP contribution in [-0.4, -0.2) is 27.0 Å². The number of hydrogen-bond donors (Lipinski definition) is 2. The van der Waals surface area contributed by atoms with E-state index in [2.05, 4.69) is 32.4 Å². The normalized spacial score (nSPS) is 12.1. The minimum Gasteiger partial charge on any atom is -0.306 e. The zero-order valence-electron chi connectivity index (χ0n) is 16.1. The van der Waals surface area contributed by atoms with E-state index >= 15 is 0 Å². The molecule has 1 atom stereocenters. The molecular formula is C20H16F3N5O2S. The number of alkyl halides is 3. The number of carbonyl (C=O) groups is 2. The summed E-state index contributed by atoms with van der Waals surface area (Å²) in [5.41, 5.74) is 1.83. The summed E-state index contributed by atoms with van der Waals surface area (Å²) in [6.07, 6.45) is -2.71. The first-order chi connectivity index (χ1) is 14.7. The summed E-state index contributed by atoms with van der Waals surface area (Å²) < 4.78 is 38.1. The minimum absolute atomic E-state index is 0.122. The SMILES string of the molecule is C=CC(=O)Nc1ccc(-c2cccc([C@H](C)C(=O)Nc3ncc(C(F)(F)F)s3)c2)nn1. The quantitative estimate of drug-likeness (QED) is 0.543. The molecule has 0 aliphatic carbocycles. The fourth-order valence-electron chi connectivity index (χ4n) is 2.53. The van der Waals surface area contributed by atoms with E-state index in [4.69, 9.17) is 0 Å². The summed E-state index contributed by atoms with van der Waals surface area (Å²) in [5, 5.41) is 12.8. The molecule has 0 unspecified atom stereocenters. The number of carbonyl (C=O) groups excluding carboxylic acids is 2. The maximum absolute atomic E-state index is 12.7. The number of halogens is 3. The Hall–Kier alpha value is -3.60. The van der Waals surface area contributed by atoms with Crippen LogP contribution in [0, 0.1) is 0 Å². The zero-order valence-corrected chi connectivity index (χ0v) is 16.9. The number of amides is 2. The van der Waals surface area contributed by atoms with Crippen molar-refractivity contribution in [3.05, 3.63) is 65.7 Å². The number of hydrogen-bond acceptors (Lipinski definition) is 6. The Morgan fingerprint density at radius 2 is 1.94 bits per heavy atom. The van der Waals surface area contributed by atoms with E-state index in [9.17, 15) is 22.8 Å². The molecule has 1 aromatic carbocycles. The van der Waals surface area contributed by atoms with Gasteiger partial charge in [0.1, 0.15) is 4.88 Å². The number of nitrogens with zero attached hydrogens (tertiary/aromatic N) is 3. The summed E-state index contributed by atoms with van der Waals surface area (Å²) in [6, 6.07) is 10.2. The molecule has 2 aromatic heterocycles. The van der Waals surface area contributed by atoms with Crippen molar-refractivity contribution in [1.29, 1.82) is 0 Å². The topological polar surface area (TPSA) is 96.9 Å². The molecule has 160 valence electrons. The van der Waals surface area contributed by atoms with Gasteiger partial charge < -0.3 is 10.6 Å². The van der Waals surface area contributed by atoms with Crippen molar-refractivity contribution < 1.29 is 22.8 Å². The molecule has 0 aliphatic rings. The Kier molecular flexibility index (Phi) is 6.44. The van der Waals surface area contributed by atoms with Crippen LogP contribution in [0.2, 0.25) is 0 Å². The highest BCUT2D eigenvalue weighted by Gasteiger charge is 2.33. The average Bonchev–Trinajstić information content (AvgIpc) is 3.23. The third-order valence-electron chi connectivity index (χ3n) is 4.19. The summed E-state index contributed by atoms with van der Waals surface area (Å²) in [5.74, 6) is -1.29. The standard InChI is InChI=1S/C20H16F3N5O2S/c1-3-17(29)25-16-8-7-14(27-28-16)13-6-4-5-12(9-13)11(2)18(30)26-19-24-10-15(31-19)20(21,22)23/h3-11H,1H2,2H3,(H,24,26,30)(H,25,28,29)/t11-/m0/s1. The van der Waals surface area contributed by atoms with E-state index < -0.39 is 28.8 Å². The van der Waals surface area contributed by atoms with E-state index in [1.807, 2.05) is 0 Å². The van der Waals surface area contributed by atoms with Crippen LogP contribution in [0.3, 0.4) is 0 Å². The molecule has 3 aromatic rings. The predicted molar refractivity (Wildman–Crippen MR) is 110 cm³/mol. The molecule has 0 fully saturated rings. The Balaban J connectivity index is 1.73. The van der Waals surface area contributed by atoms with Gasteiger partial charge in [0.2, 0.25) is 11.8 Å². The third kappa shape index (κ3) is 5.51. The molecule has 0 saturated heterocycles. The molecule has 2 amide bonds. The largest absolute Gasteiger partial charge is 0.427 e. The van der Waals surface area contributed by atoms with Gasteiger partial charge in [0, 0.05) is 5.56 Å². The predicted octanol–water partition coefficient (Wildman–Crippen LogP) is 4.49. The highest BCUT2D eigenvalue weighted by molar-refractivity contribution is 7.15. The van der Waals surface area contributed by atoms with E-state index in [1.165, 1.54) is 0 Å². The summed E-state index contributed by atoms with van der Waals surface area (Å²) in [6.45, 7) is 4.99. The minimum atomic E-state index is -4.51. The van der Waals surface area contributed by atoms with Crippen molar-refractivity contribution >= 4 is 34.1 Å². The van der Waals surface area contributed by atoms with Gasteiger partial charge in [-0.3, -0.25) is 9.59 Å². The van der Waals surface area contributed by atoms with E-state index in [1.54, 1.807) is 43.3 Å². The van der Waals surface area contributed by atoms with Crippen LogP contribution in [0.15, 0.2) is 55.3 Å². The first-order valence-electron chi connectivity index (χ1n) is 8.88. The molecule has 0 saturated carbocycles. The molecule has 0 spiro atoms. The monoisotopic (exact) mass is 447 g/mol. The van der Waals surface area contributed by atoms with Crippen molar-refractivity contribution in [2.24, 2.45) is 0 Å². The number of nitrogens with one attached hydrogen (secondary N) is 2. The van der Waals surface area contributed by atoms with Crippen LogP contribution in [0.1, 0.15) is 23.3 Å². The first kappa shape index (κ1) is 22.1. The number of rotatable bonds is 6. The maximum Gasteiger partial charge on any atom is 0.427 e. The van der Waals surface area contributed by atoms with Crippen LogP contribution in [0.4, 0.5) is 24.1 Å². The van der Waals surface area contributed by atoms with Crippen molar-refractivity contribution in [2.75, 3.05) is 10.6 Å². The van der Waals surface area contributed by atoms with Crippen LogP contribution < -0.4 is 10.6 Å². The lowest BCUT2D eigenvalue weighted by atomic mass is 9.97. The number of aromatic nitrogens is 3. The van der Waals surface area contributed by atoms with Gasteiger partial charge in [-0.25, -0.2) is 4.98 Å². The van der Waals surface area contributed by atoms with Gasteiger partial charge in [0.15, 0.2) is 10.9 Å². The highest BCUT2D eigenvalue weighted by atomic mass is 32.1. The van der Waals surface area contributed by atoms with Gasteiger partial charge in [-0.1, -0.05) is 36.1 Å².